The van der Waals surface area contributed by atoms with Crippen molar-refractivity contribution < 1.29 is 24.5 Å². The molecule has 3 aromatic rings. The van der Waals surface area contributed by atoms with E-state index in [4.69, 9.17) is 33.0 Å². The van der Waals surface area contributed by atoms with E-state index in [9.17, 15) is 14.7 Å². The normalized spacial score (nSPS) is 12.4. The van der Waals surface area contributed by atoms with Gasteiger partial charge < -0.3 is 14.9 Å². The smallest absolute Gasteiger partial charge is 0.331 e. The Labute approximate surface area is 236 Å². The number of carbonyl (C=O) groups excluding carboxylic acids is 1. The molecule has 0 bridgehead atoms. The highest BCUT2D eigenvalue weighted by Gasteiger charge is 2.18. The van der Waals surface area contributed by atoms with E-state index in [2.05, 4.69) is 17.2 Å². The molecule has 1 heterocycles. The molecular formula is C28H30Cl2N2O5S. The van der Waals surface area contributed by atoms with Crippen molar-refractivity contribution in [3.8, 4) is 17.0 Å². The molecule has 0 unspecified atom stereocenters. The lowest BCUT2D eigenvalue weighted by molar-refractivity contribution is -0.132. The number of anilines is 1. The maximum absolute atomic E-state index is 12.8. The fourth-order valence-electron chi connectivity index (χ4n) is 3.73. The van der Waals surface area contributed by atoms with Gasteiger partial charge in [0.05, 0.1) is 21.8 Å². The molecule has 1 amide bonds. The number of ether oxygens (including phenoxy) is 1. The number of halogens is 2. The predicted molar refractivity (Wildman–Crippen MR) is 153 cm³/mol. The van der Waals surface area contributed by atoms with Crippen molar-refractivity contribution in [3.05, 3.63) is 68.0 Å². The van der Waals surface area contributed by atoms with Gasteiger partial charge in [0.2, 0.25) is 0 Å². The first-order chi connectivity index (χ1) is 18.1. The monoisotopic (exact) mass is 576 g/mol. The largest absolute Gasteiger partial charge is 0.507 e. The van der Waals surface area contributed by atoms with Crippen molar-refractivity contribution >= 4 is 57.6 Å². The maximum Gasteiger partial charge on any atom is 0.331 e. The number of carbonyl (C=O) groups is 2. The summed E-state index contributed by atoms with van der Waals surface area (Å²) in [5.41, 5.74) is 2.29. The third kappa shape index (κ3) is 7.57. The van der Waals surface area contributed by atoms with Gasteiger partial charge in [-0.05, 0) is 44.5 Å². The summed E-state index contributed by atoms with van der Waals surface area (Å²) in [6.45, 7) is 6.12. The Morgan fingerprint density at radius 3 is 2.55 bits per heavy atom. The van der Waals surface area contributed by atoms with Crippen molar-refractivity contribution in [3.63, 3.8) is 0 Å². The molecule has 202 valence electrons. The zero-order chi connectivity index (χ0) is 27.8. The van der Waals surface area contributed by atoms with Gasteiger partial charge in [-0.3, -0.25) is 10.1 Å². The van der Waals surface area contributed by atoms with Crippen molar-refractivity contribution in [2.75, 3.05) is 11.9 Å². The first-order valence-electron chi connectivity index (χ1n) is 12.2. The molecule has 0 aliphatic heterocycles. The summed E-state index contributed by atoms with van der Waals surface area (Å²) in [6, 6.07) is 8.26. The van der Waals surface area contributed by atoms with E-state index < -0.39 is 11.9 Å². The van der Waals surface area contributed by atoms with Crippen molar-refractivity contribution in [2.24, 2.45) is 0 Å². The van der Waals surface area contributed by atoms with Gasteiger partial charge in [-0.2, -0.15) is 0 Å². The number of para-hydroxylation sites is 1. The summed E-state index contributed by atoms with van der Waals surface area (Å²) in [4.78, 5) is 28.4. The second kappa shape index (κ2) is 13.8. The number of hydrogen-bond donors (Lipinski definition) is 3. The number of aromatic nitrogens is 1. The van der Waals surface area contributed by atoms with E-state index in [1.807, 2.05) is 19.1 Å². The van der Waals surface area contributed by atoms with Gasteiger partial charge >= 0.3 is 5.97 Å². The molecule has 0 radical (unpaired) electrons. The number of aromatic hydroxyl groups is 1. The van der Waals surface area contributed by atoms with Crippen LogP contribution < -0.4 is 5.32 Å². The molecule has 0 aliphatic carbocycles. The minimum Gasteiger partial charge on any atom is -0.507 e. The Morgan fingerprint density at radius 2 is 1.89 bits per heavy atom. The van der Waals surface area contributed by atoms with Crippen LogP contribution in [0.1, 0.15) is 74.0 Å². The van der Waals surface area contributed by atoms with E-state index in [1.54, 1.807) is 11.4 Å². The van der Waals surface area contributed by atoms with Gasteiger partial charge in [0, 0.05) is 39.8 Å². The average Bonchev–Trinajstić information content (AvgIpc) is 3.33. The molecule has 38 heavy (non-hydrogen) atoms. The molecule has 1 aromatic heterocycles. The van der Waals surface area contributed by atoms with Gasteiger partial charge in [-0.15, -0.1) is 11.3 Å². The second-order valence-electron chi connectivity index (χ2n) is 8.80. The molecule has 0 saturated heterocycles. The Balaban J connectivity index is 1.73. The third-order valence-electron chi connectivity index (χ3n) is 5.91. The Kier molecular flexibility index (Phi) is 10.7. The number of hydrogen-bond acceptors (Lipinski definition) is 6. The average molecular weight is 578 g/mol. The number of amides is 1. The van der Waals surface area contributed by atoms with Crippen LogP contribution in [0.4, 0.5) is 5.13 Å². The van der Waals surface area contributed by atoms with Crippen LogP contribution in [0.5, 0.6) is 5.75 Å². The summed E-state index contributed by atoms with van der Waals surface area (Å²) in [7, 11) is 0. The van der Waals surface area contributed by atoms with E-state index in [0.29, 0.717) is 34.1 Å². The number of benzene rings is 2. The van der Waals surface area contributed by atoms with Crippen LogP contribution in [0.2, 0.25) is 10.0 Å². The van der Waals surface area contributed by atoms with Crippen molar-refractivity contribution in [2.45, 2.75) is 52.6 Å². The summed E-state index contributed by atoms with van der Waals surface area (Å²) in [5, 5.41) is 25.1. The van der Waals surface area contributed by atoms with Crippen LogP contribution in [-0.4, -0.2) is 33.7 Å². The van der Waals surface area contributed by atoms with Crippen LogP contribution in [-0.2, 0) is 9.53 Å². The summed E-state index contributed by atoms with van der Waals surface area (Å²) < 4.78 is 5.92. The Morgan fingerprint density at radius 1 is 1.18 bits per heavy atom. The molecule has 0 aliphatic rings. The predicted octanol–water partition coefficient (Wildman–Crippen LogP) is 8.22. The van der Waals surface area contributed by atoms with Crippen molar-refractivity contribution in [1.82, 2.24) is 4.98 Å². The molecule has 3 rings (SSSR count). The Bertz CT molecular complexity index is 1320. The quantitative estimate of drug-likeness (QED) is 0.148. The number of rotatable bonds is 12. The number of nitrogens with zero attached hydrogens (tertiary/aromatic N) is 1. The molecule has 2 aromatic carbocycles. The highest BCUT2D eigenvalue weighted by atomic mass is 35.5. The first-order valence-corrected chi connectivity index (χ1v) is 13.9. The van der Waals surface area contributed by atoms with Gasteiger partial charge in [0.1, 0.15) is 5.75 Å². The van der Waals surface area contributed by atoms with Crippen LogP contribution in [0.15, 0.2) is 41.3 Å². The summed E-state index contributed by atoms with van der Waals surface area (Å²) in [6.07, 6.45) is 5.50. The van der Waals surface area contributed by atoms with Gasteiger partial charge in [0.15, 0.2) is 5.13 Å². The molecule has 3 N–H and O–H groups in total. The second-order valence-corrected chi connectivity index (χ2v) is 10.5. The van der Waals surface area contributed by atoms with Crippen LogP contribution in [0.3, 0.4) is 0 Å². The van der Waals surface area contributed by atoms with E-state index in [1.165, 1.54) is 42.9 Å². The lowest BCUT2D eigenvalue weighted by atomic mass is 10.0. The van der Waals surface area contributed by atoms with Crippen LogP contribution in [0, 0.1) is 0 Å². The Hall–Kier alpha value is -2.91. The molecule has 10 heteroatoms. The van der Waals surface area contributed by atoms with Crippen LogP contribution in [0.25, 0.3) is 17.3 Å². The number of carboxylic acids is 1. The SMILES string of the molecule is CCCCCCO[C@@H](C)c1cccc(-c2csc(NC(=O)c3cc(Cl)c(/C=C(\C)C(=O)O)c(Cl)c3)n2)c1O. The van der Waals surface area contributed by atoms with Gasteiger partial charge in [-0.1, -0.05) is 61.5 Å². The van der Waals surface area contributed by atoms with Gasteiger partial charge in [-0.25, -0.2) is 9.78 Å². The number of aliphatic carboxylic acids is 1. The lowest BCUT2D eigenvalue weighted by Crippen LogP contribution is -2.12. The number of phenols is 1. The molecular weight excluding hydrogens is 547 g/mol. The summed E-state index contributed by atoms with van der Waals surface area (Å²) in [5.74, 6) is -1.49. The fraction of sp³-hybridized carbons (Fsp3) is 0.321. The molecule has 7 nitrogen and oxygen atoms in total. The number of phenolic OH excluding ortho intramolecular Hbond substituents is 1. The minimum absolute atomic E-state index is 0.0570. The minimum atomic E-state index is -1.10. The van der Waals surface area contributed by atoms with E-state index in [0.717, 1.165) is 19.3 Å². The zero-order valence-corrected chi connectivity index (χ0v) is 23.7. The number of unbranched alkanes of at least 4 members (excludes halogenated alkanes) is 3. The topological polar surface area (TPSA) is 109 Å². The maximum atomic E-state index is 12.8. The van der Waals surface area contributed by atoms with Crippen molar-refractivity contribution in [1.29, 1.82) is 0 Å². The highest BCUT2D eigenvalue weighted by Crippen LogP contribution is 2.37. The number of thiazole rings is 1. The fourth-order valence-corrected chi connectivity index (χ4v) is 5.03. The number of carboxylic acid groups (broad SMARTS) is 1. The summed E-state index contributed by atoms with van der Waals surface area (Å²) >= 11 is 13.8. The number of nitrogens with one attached hydrogen (secondary N) is 1. The van der Waals surface area contributed by atoms with E-state index >= 15 is 0 Å². The van der Waals surface area contributed by atoms with Gasteiger partial charge in [0.25, 0.3) is 5.91 Å². The lowest BCUT2D eigenvalue weighted by Gasteiger charge is -2.16. The molecule has 0 spiro atoms. The highest BCUT2D eigenvalue weighted by molar-refractivity contribution is 7.14. The van der Waals surface area contributed by atoms with E-state index in [-0.39, 0.29) is 33.0 Å². The molecule has 1 atom stereocenters. The molecule has 0 fully saturated rings. The zero-order valence-electron chi connectivity index (χ0n) is 21.4. The van der Waals surface area contributed by atoms with Crippen LogP contribution >= 0.6 is 34.5 Å². The third-order valence-corrected chi connectivity index (χ3v) is 7.29. The standard InChI is InChI=1S/C28H30Cl2N2O5S/c1-4-5-6-7-11-37-17(3)19-9-8-10-20(25(19)33)24-15-38-28(31-24)32-26(34)18-13-22(29)21(23(30)14-18)12-16(2)27(35)36/h8-10,12-15,17,33H,4-7,11H2,1-3H3,(H,35,36)(H,31,32,34)/b16-12+/t17-/m0/s1. The first kappa shape index (κ1) is 29.6. The molecule has 0 saturated carbocycles.